The van der Waals surface area contributed by atoms with Crippen LogP contribution in [-0.2, 0) is 9.59 Å². The van der Waals surface area contributed by atoms with Gasteiger partial charge in [-0.1, -0.05) is 26.2 Å². The van der Waals surface area contributed by atoms with E-state index >= 15 is 0 Å². The zero-order chi connectivity index (χ0) is 13.4. The van der Waals surface area contributed by atoms with Crippen molar-refractivity contribution in [1.82, 2.24) is 9.80 Å². The first-order valence-corrected chi connectivity index (χ1v) is 7.78. The predicted octanol–water partition coefficient (Wildman–Crippen LogP) is 1.79. The molecule has 1 aliphatic carbocycles. The van der Waals surface area contributed by atoms with Gasteiger partial charge in [0, 0.05) is 12.6 Å². The Kier molecular flexibility index (Phi) is 3.50. The molecule has 2 saturated heterocycles. The molecular formula is C15H24N2O2. The molecule has 106 valence electrons. The molecule has 4 heteroatoms. The summed E-state index contributed by atoms with van der Waals surface area (Å²) in [6, 6.07) is 0.151. The van der Waals surface area contributed by atoms with E-state index in [9.17, 15) is 9.59 Å². The van der Waals surface area contributed by atoms with Crippen LogP contribution in [-0.4, -0.2) is 46.8 Å². The average Bonchev–Trinajstić information content (AvgIpc) is 2.80. The van der Waals surface area contributed by atoms with E-state index in [1.807, 2.05) is 4.90 Å². The third kappa shape index (κ3) is 2.26. The third-order valence-corrected chi connectivity index (χ3v) is 5.16. The maximum Gasteiger partial charge on any atom is 0.246 e. The maximum absolute atomic E-state index is 12.6. The number of amides is 2. The lowest BCUT2D eigenvalue weighted by molar-refractivity contribution is -0.157. The van der Waals surface area contributed by atoms with Crippen LogP contribution in [0.25, 0.3) is 0 Å². The molecule has 2 aliphatic heterocycles. The highest BCUT2D eigenvalue weighted by Gasteiger charge is 2.44. The molecule has 3 fully saturated rings. The fourth-order valence-electron chi connectivity index (χ4n) is 4.05. The van der Waals surface area contributed by atoms with Gasteiger partial charge in [0.1, 0.15) is 12.6 Å². The van der Waals surface area contributed by atoms with Gasteiger partial charge < -0.3 is 9.80 Å². The van der Waals surface area contributed by atoms with Gasteiger partial charge in [0.25, 0.3) is 0 Å². The highest BCUT2D eigenvalue weighted by molar-refractivity contribution is 5.95. The number of hydrogen-bond donors (Lipinski definition) is 0. The number of carbonyl (C=O) groups excluding carboxylic acids is 2. The van der Waals surface area contributed by atoms with E-state index in [-0.39, 0.29) is 17.9 Å². The summed E-state index contributed by atoms with van der Waals surface area (Å²) in [7, 11) is 0. The Morgan fingerprint density at radius 2 is 1.74 bits per heavy atom. The van der Waals surface area contributed by atoms with Crippen LogP contribution in [0.5, 0.6) is 0 Å². The van der Waals surface area contributed by atoms with Crippen molar-refractivity contribution in [3.63, 3.8) is 0 Å². The first-order valence-electron chi connectivity index (χ1n) is 7.78. The fourth-order valence-corrected chi connectivity index (χ4v) is 4.05. The summed E-state index contributed by atoms with van der Waals surface area (Å²) in [5.74, 6) is 0.918. The second-order valence-electron chi connectivity index (χ2n) is 6.39. The molecule has 3 aliphatic rings. The molecule has 3 atom stereocenters. The van der Waals surface area contributed by atoms with Crippen LogP contribution >= 0.6 is 0 Å². The van der Waals surface area contributed by atoms with E-state index in [4.69, 9.17) is 0 Å². The van der Waals surface area contributed by atoms with Gasteiger partial charge in [-0.2, -0.15) is 0 Å². The molecule has 3 unspecified atom stereocenters. The van der Waals surface area contributed by atoms with Gasteiger partial charge in [0.05, 0.1) is 0 Å². The van der Waals surface area contributed by atoms with Crippen LogP contribution < -0.4 is 0 Å². The minimum Gasteiger partial charge on any atom is -0.329 e. The lowest BCUT2D eigenvalue weighted by Gasteiger charge is -2.42. The van der Waals surface area contributed by atoms with Gasteiger partial charge in [-0.3, -0.25) is 9.59 Å². The lowest BCUT2D eigenvalue weighted by Crippen LogP contribution is -2.60. The summed E-state index contributed by atoms with van der Waals surface area (Å²) in [6.45, 7) is 3.35. The Morgan fingerprint density at radius 1 is 0.947 bits per heavy atom. The van der Waals surface area contributed by atoms with Crippen molar-refractivity contribution in [2.24, 2.45) is 5.92 Å². The molecule has 0 aromatic rings. The second-order valence-corrected chi connectivity index (χ2v) is 6.39. The van der Waals surface area contributed by atoms with Gasteiger partial charge in [0.15, 0.2) is 0 Å². The number of hydrogen-bond acceptors (Lipinski definition) is 2. The molecule has 0 bridgehead atoms. The molecule has 1 saturated carbocycles. The topological polar surface area (TPSA) is 40.6 Å². The maximum atomic E-state index is 12.6. The third-order valence-electron chi connectivity index (χ3n) is 5.16. The summed E-state index contributed by atoms with van der Waals surface area (Å²) in [6.07, 6.45) is 7.85. The van der Waals surface area contributed by atoms with Crippen molar-refractivity contribution < 1.29 is 9.59 Å². The number of rotatable bonds is 1. The molecule has 0 radical (unpaired) electrons. The SMILES string of the molecule is CC1CCCCCC1N1CC(=O)N2CCCC2C1=O. The largest absolute Gasteiger partial charge is 0.329 e. The number of carbonyl (C=O) groups is 2. The van der Waals surface area contributed by atoms with Gasteiger partial charge in [-0.05, 0) is 31.6 Å². The van der Waals surface area contributed by atoms with Crippen molar-refractivity contribution in [3.8, 4) is 0 Å². The van der Waals surface area contributed by atoms with Crippen LogP contribution in [0.3, 0.4) is 0 Å². The lowest BCUT2D eigenvalue weighted by atomic mass is 9.93. The van der Waals surface area contributed by atoms with Gasteiger partial charge in [-0.15, -0.1) is 0 Å². The normalized spacial score (nSPS) is 36.4. The monoisotopic (exact) mass is 264 g/mol. The van der Waals surface area contributed by atoms with E-state index in [2.05, 4.69) is 6.92 Å². The predicted molar refractivity (Wildman–Crippen MR) is 72.5 cm³/mol. The summed E-state index contributed by atoms with van der Waals surface area (Å²) in [5, 5.41) is 0. The molecule has 4 nitrogen and oxygen atoms in total. The Labute approximate surface area is 115 Å². The highest BCUT2D eigenvalue weighted by atomic mass is 16.2. The fraction of sp³-hybridized carbons (Fsp3) is 0.867. The Balaban J connectivity index is 1.79. The van der Waals surface area contributed by atoms with E-state index in [1.165, 1.54) is 25.7 Å². The van der Waals surface area contributed by atoms with Crippen LogP contribution in [0.15, 0.2) is 0 Å². The summed E-state index contributed by atoms with van der Waals surface area (Å²) >= 11 is 0. The Morgan fingerprint density at radius 3 is 2.58 bits per heavy atom. The zero-order valence-corrected chi connectivity index (χ0v) is 11.8. The van der Waals surface area contributed by atoms with Crippen LogP contribution in [0.1, 0.15) is 51.9 Å². The van der Waals surface area contributed by atoms with Gasteiger partial charge >= 0.3 is 0 Å². The minimum atomic E-state index is -0.142. The number of fused-ring (bicyclic) bond motifs is 1. The molecule has 2 amide bonds. The van der Waals surface area contributed by atoms with E-state index < -0.39 is 0 Å². The van der Waals surface area contributed by atoms with E-state index in [0.29, 0.717) is 18.5 Å². The van der Waals surface area contributed by atoms with E-state index in [1.54, 1.807) is 4.90 Å². The molecule has 2 heterocycles. The van der Waals surface area contributed by atoms with Crippen LogP contribution in [0, 0.1) is 5.92 Å². The van der Waals surface area contributed by atoms with Crippen molar-refractivity contribution in [2.75, 3.05) is 13.1 Å². The van der Waals surface area contributed by atoms with Gasteiger partial charge in [0.2, 0.25) is 11.8 Å². The molecule has 0 N–H and O–H groups in total. The molecule has 0 spiro atoms. The van der Waals surface area contributed by atoms with Crippen molar-refractivity contribution >= 4 is 11.8 Å². The van der Waals surface area contributed by atoms with Crippen molar-refractivity contribution in [3.05, 3.63) is 0 Å². The minimum absolute atomic E-state index is 0.142. The molecular weight excluding hydrogens is 240 g/mol. The van der Waals surface area contributed by atoms with Crippen LogP contribution in [0.2, 0.25) is 0 Å². The summed E-state index contributed by atoms with van der Waals surface area (Å²) in [4.78, 5) is 28.6. The smallest absolute Gasteiger partial charge is 0.246 e. The highest BCUT2D eigenvalue weighted by Crippen LogP contribution is 2.31. The van der Waals surface area contributed by atoms with Crippen LogP contribution in [0.4, 0.5) is 0 Å². The Bertz CT molecular complexity index is 382. The first kappa shape index (κ1) is 12.9. The van der Waals surface area contributed by atoms with Crippen molar-refractivity contribution in [1.29, 1.82) is 0 Å². The standard InChI is InChI=1S/C15H24N2O2/c1-11-6-3-2-4-7-12(11)17-10-14(18)16-9-5-8-13(16)15(17)19/h11-13H,2-10H2,1H3. The Hall–Kier alpha value is -1.06. The summed E-state index contributed by atoms with van der Waals surface area (Å²) < 4.78 is 0. The molecule has 0 aromatic heterocycles. The number of nitrogens with zero attached hydrogens (tertiary/aromatic N) is 2. The van der Waals surface area contributed by atoms with Gasteiger partial charge in [-0.25, -0.2) is 0 Å². The first-order chi connectivity index (χ1) is 9.18. The van der Waals surface area contributed by atoms with Crippen molar-refractivity contribution in [2.45, 2.75) is 64.0 Å². The molecule has 19 heavy (non-hydrogen) atoms. The molecule has 0 aromatic carbocycles. The summed E-state index contributed by atoms with van der Waals surface area (Å²) in [5.41, 5.74) is 0. The molecule has 3 rings (SSSR count). The average molecular weight is 264 g/mol. The quantitative estimate of drug-likeness (QED) is 0.677. The van der Waals surface area contributed by atoms with E-state index in [0.717, 1.165) is 25.8 Å². The zero-order valence-electron chi connectivity index (χ0n) is 11.8. The number of piperazine rings is 1. The second kappa shape index (κ2) is 5.14.